The second kappa shape index (κ2) is 9.34. The van der Waals surface area contributed by atoms with Crippen LogP contribution in [0.4, 0.5) is 0 Å². The van der Waals surface area contributed by atoms with E-state index in [4.69, 9.17) is 16.9 Å². The highest BCUT2D eigenvalue weighted by molar-refractivity contribution is 5.99. The molecule has 0 atom stereocenters. The van der Waals surface area contributed by atoms with E-state index in [9.17, 15) is 4.79 Å². The number of rotatable bonds is 4. The molecule has 130 valence electrons. The van der Waals surface area contributed by atoms with Crippen molar-refractivity contribution < 1.29 is 4.79 Å². The van der Waals surface area contributed by atoms with Crippen molar-refractivity contribution in [3.8, 4) is 0 Å². The predicted octanol–water partition coefficient (Wildman–Crippen LogP) is 2.12. The van der Waals surface area contributed by atoms with Gasteiger partial charge in [0, 0.05) is 23.7 Å². The number of nitrogens with two attached hydrogens (primary N) is 2. The minimum atomic E-state index is -0.244. The van der Waals surface area contributed by atoms with Crippen LogP contribution in [0.3, 0.4) is 0 Å². The predicted molar refractivity (Wildman–Crippen MR) is 102 cm³/mol. The molecule has 1 aliphatic carbocycles. The number of nitrogens with one attached hydrogen (secondary N) is 2. The zero-order chi connectivity index (χ0) is 18.1. The highest BCUT2D eigenvalue weighted by atomic mass is 16.1. The Morgan fingerprint density at radius 1 is 1.28 bits per heavy atom. The summed E-state index contributed by atoms with van der Waals surface area (Å²) in [5, 5.41) is 10.5. The fourth-order valence-electron chi connectivity index (χ4n) is 2.31. The van der Waals surface area contributed by atoms with Crippen molar-refractivity contribution in [3.63, 3.8) is 0 Å². The van der Waals surface area contributed by atoms with Gasteiger partial charge in [-0.25, -0.2) is 0 Å². The van der Waals surface area contributed by atoms with Gasteiger partial charge < -0.3 is 16.8 Å². The van der Waals surface area contributed by atoms with Crippen LogP contribution in [0.15, 0.2) is 60.3 Å². The molecule has 0 spiro atoms. The topological polar surface area (TPSA) is 118 Å². The molecule has 2 aromatic rings. The fraction of sp³-hybridized carbons (Fsp3) is 0.211. The summed E-state index contributed by atoms with van der Waals surface area (Å²) in [5.74, 6) is -0.313. The van der Waals surface area contributed by atoms with E-state index in [1.807, 2.05) is 12.1 Å². The van der Waals surface area contributed by atoms with Crippen LogP contribution < -0.4 is 16.8 Å². The Labute approximate surface area is 147 Å². The highest BCUT2D eigenvalue weighted by Crippen LogP contribution is 2.13. The summed E-state index contributed by atoms with van der Waals surface area (Å²) in [5.41, 5.74) is 13.2. The number of pyridine rings is 1. The molecule has 1 aliphatic rings. The van der Waals surface area contributed by atoms with Crippen molar-refractivity contribution >= 4 is 22.6 Å². The van der Waals surface area contributed by atoms with E-state index in [1.54, 1.807) is 24.4 Å². The molecule has 6 heteroatoms. The first-order valence-corrected chi connectivity index (χ1v) is 8.11. The Balaban J connectivity index is 0.000000236. The summed E-state index contributed by atoms with van der Waals surface area (Å²) >= 11 is 0. The van der Waals surface area contributed by atoms with Crippen molar-refractivity contribution in [1.29, 1.82) is 5.41 Å². The first-order valence-electron chi connectivity index (χ1n) is 8.11. The minimum absolute atomic E-state index is 0.0594. The van der Waals surface area contributed by atoms with E-state index in [-0.39, 0.29) is 18.3 Å². The standard InChI is InChI=1S/C12H12N4O.C7H11N/c13-11(14)7-16-12(17)9-3-4-10-8(6-9)2-1-5-15-10;8-6-7-4-2-1-3-5-7/h1-6H,7H2,(H3,13,14)(H,16,17);2,4-5H,1,3,6,8H2. The molecular weight excluding hydrogens is 314 g/mol. The van der Waals surface area contributed by atoms with Crippen molar-refractivity contribution in [2.24, 2.45) is 11.5 Å². The monoisotopic (exact) mass is 337 g/mol. The summed E-state index contributed by atoms with van der Waals surface area (Å²) in [6.45, 7) is 0.750. The number of amides is 1. The number of carbonyl (C=O) groups excluding carboxylic acids is 1. The summed E-state index contributed by atoms with van der Waals surface area (Å²) in [6, 6.07) is 8.96. The molecule has 0 bridgehead atoms. The maximum atomic E-state index is 11.7. The van der Waals surface area contributed by atoms with Gasteiger partial charge in [0.15, 0.2) is 0 Å². The quantitative estimate of drug-likeness (QED) is 0.505. The third-order valence-electron chi connectivity index (χ3n) is 3.61. The van der Waals surface area contributed by atoms with Crippen molar-refractivity contribution in [3.05, 3.63) is 65.9 Å². The van der Waals surface area contributed by atoms with Gasteiger partial charge in [-0.1, -0.05) is 24.3 Å². The molecule has 1 aromatic carbocycles. The van der Waals surface area contributed by atoms with Crippen LogP contribution in [0.5, 0.6) is 0 Å². The van der Waals surface area contributed by atoms with Gasteiger partial charge in [0.1, 0.15) is 5.84 Å². The molecule has 0 saturated carbocycles. The molecule has 0 aliphatic heterocycles. The number of benzene rings is 1. The zero-order valence-corrected chi connectivity index (χ0v) is 14.0. The first-order chi connectivity index (χ1) is 12.1. The molecule has 1 amide bonds. The second-order valence-corrected chi connectivity index (χ2v) is 5.58. The maximum Gasteiger partial charge on any atom is 0.251 e. The molecule has 0 fully saturated rings. The fourth-order valence-corrected chi connectivity index (χ4v) is 2.31. The number of amidine groups is 1. The van der Waals surface area contributed by atoms with Crippen molar-refractivity contribution in [2.75, 3.05) is 13.1 Å². The zero-order valence-electron chi connectivity index (χ0n) is 14.0. The van der Waals surface area contributed by atoms with Crippen LogP contribution in [0.2, 0.25) is 0 Å². The minimum Gasteiger partial charge on any atom is -0.386 e. The second-order valence-electron chi connectivity index (χ2n) is 5.58. The SMILES string of the molecule is N=C(N)CNC(=O)c1ccc2ncccc2c1.NCC1=CCCC=C1. The molecule has 6 nitrogen and oxygen atoms in total. The average molecular weight is 337 g/mol. The van der Waals surface area contributed by atoms with Crippen molar-refractivity contribution in [2.45, 2.75) is 12.8 Å². The van der Waals surface area contributed by atoms with Gasteiger partial charge in [-0.15, -0.1) is 0 Å². The number of hydrogen-bond acceptors (Lipinski definition) is 4. The summed E-state index contributed by atoms with van der Waals surface area (Å²) in [4.78, 5) is 15.9. The van der Waals surface area contributed by atoms with E-state index in [1.165, 1.54) is 18.4 Å². The van der Waals surface area contributed by atoms with Crippen molar-refractivity contribution in [1.82, 2.24) is 10.3 Å². The van der Waals surface area contributed by atoms with Crippen LogP contribution in [0.1, 0.15) is 23.2 Å². The van der Waals surface area contributed by atoms with Crippen LogP contribution >= 0.6 is 0 Å². The van der Waals surface area contributed by atoms with E-state index in [0.29, 0.717) is 12.1 Å². The largest absolute Gasteiger partial charge is 0.386 e. The van der Waals surface area contributed by atoms with Crippen LogP contribution in [0, 0.1) is 5.41 Å². The molecule has 1 aromatic heterocycles. The van der Waals surface area contributed by atoms with Crippen LogP contribution in [-0.2, 0) is 0 Å². The van der Waals surface area contributed by atoms with Crippen LogP contribution in [-0.4, -0.2) is 29.8 Å². The van der Waals surface area contributed by atoms with Gasteiger partial charge in [0.2, 0.25) is 0 Å². The van der Waals surface area contributed by atoms with Gasteiger partial charge in [-0.2, -0.15) is 0 Å². The Hall–Kier alpha value is -2.99. The number of aromatic nitrogens is 1. The first kappa shape index (κ1) is 18.4. The summed E-state index contributed by atoms with van der Waals surface area (Å²) in [7, 11) is 0. The number of fused-ring (bicyclic) bond motifs is 1. The third-order valence-corrected chi connectivity index (χ3v) is 3.61. The molecule has 0 unspecified atom stereocenters. The lowest BCUT2D eigenvalue weighted by Crippen LogP contribution is -2.32. The van der Waals surface area contributed by atoms with Gasteiger partial charge in [-0.05, 0) is 42.7 Å². The number of hydrogen-bond donors (Lipinski definition) is 4. The number of carbonyl (C=O) groups is 1. The maximum absolute atomic E-state index is 11.7. The molecule has 0 saturated heterocycles. The molecular formula is C19H23N5O. The Morgan fingerprint density at radius 2 is 2.12 bits per heavy atom. The van der Waals surface area contributed by atoms with Gasteiger partial charge >= 0.3 is 0 Å². The smallest absolute Gasteiger partial charge is 0.251 e. The Bertz CT molecular complexity index is 810. The highest BCUT2D eigenvalue weighted by Gasteiger charge is 2.06. The van der Waals surface area contributed by atoms with Crippen LogP contribution in [0.25, 0.3) is 10.9 Å². The lowest BCUT2D eigenvalue weighted by Gasteiger charge is -2.04. The average Bonchev–Trinajstić information content (AvgIpc) is 2.66. The Morgan fingerprint density at radius 3 is 2.76 bits per heavy atom. The number of nitrogens with zero attached hydrogens (tertiary/aromatic N) is 1. The van der Waals surface area contributed by atoms with E-state index < -0.39 is 0 Å². The van der Waals surface area contributed by atoms with Gasteiger partial charge in [-0.3, -0.25) is 15.2 Å². The van der Waals surface area contributed by atoms with E-state index in [2.05, 4.69) is 28.5 Å². The Kier molecular flexibility index (Phi) is 6.86. The lowest BCUT2D eigenvalue weighted by atomic mass is 10.1. The van der Waals surface area contributed by atoms with Gasteiger partial charge in [0.25, 0.3) is 5.91 Å². The van der Waals surface area contributed by atoms with E-state index in [0.717, 1.165) is 10.9 Å². The summed E-state index contributed by atoms with van der Waals surface area (Å²) in [6.07, 6.45) is 10.5. The van der Waals surface area contributed by atoms with E-state index >= 15 is 0 Å². The molecule has 1 heterocycles. The lowest BCUT2D eigenvalue weighted by molar-refractivity contribution is 0.0959. The third kappa shape index (κ3) is 5.86. The normalized spacial score (nSPS) is 12.8. The van der Waals surface area contributed by atoms with Gasteiger partial charge in [0.05, 0.1) is 12.1 Å². The molecule has 25 heavy (non-hydrogen) atoms. The molecule has 6 N–H and O–H groups in total. The molecule has 3 rings (SSSR count). The number of allylic oxidation sites excluding steroid dienone is 2. The summed E-state index contributed by atoms with van der Waals surface area (Å²) < 4.78 is 0. The molecule has 0 radical (unpaired) electrons.